The lowest BCUT2D eigenvalue weighted by Gasteiger charge is -2.37. The molecule has 1 unspecified atom stereocenters. The SMILES string of the molecule is O=C(c1cccc2ccccc12)N1Cc2ccccc2CC1COc1ccc(C2CCCCC2)cc1. The van der Waals surface area contributed by atoms with Crippen molar-refractivity contribution in [3.05, 3.63) is 113 Å². The number of benzene rings is 4. The zero-order chi connectivity index (χ0) is 24.3. The molecular formula is C33H33NO2. The van der Waals surface area contributed by atoms with Crippen LogP contribution in [0.5, 0.6) is 5.75 Å². The highest BCUT2D eigenvalue weighted by atomic mass is 16.5. The van der Waals surface area contributed by atoms with Crippen LogP contribution in [0.15, 0.2) is 91.0 Å². The first-order chi connectivity index (χ1) is 17.8. The Morgan fingerprint density at radius 3 is 2.33 bits per heavy atom. The van der Waals surface area contributed by atoms with Crippen LogP contribution in [0.3, 0.4) is 0 Å². The molecule has 0 saturated heterocycles. The van der Waals surface area contributed by atoms with E-state index in [9.17, 15) is 4.79 Å². The minimum Gasteiger partial charge on any atom is -0.491 e. The highest BCUT2D eigenvalue weighted by Crippen LogP contribution is 2.33. The molecule has 4 aromatic rings. The van der Waals surface area contributed by atoms with Gasteiger partial charge in [0.1, 0.15) is 12.4 Å². The number of carbonyl (C=O) groups excluding carboxylic acids is 1. The zero-order valence-corrected chi connectivity index (χ0v) is 20.7. The van der Waals surface area contributed by atoms with Gasteiger partial charge < -0.3 is 9.64 Å². The highest BCUT2D eigenvalue weighted by molar-refractivity contribution is 6.07. The Kier molecular flexibility index (Phi) is 6.46. The van der Waals surface area contributed by atoms with Gasteiger partial charge in [0.15, 0.2) is 0 Å². The number of hydrogen-bond donors (Lipinski definition) is 0. The maximum absolute atomic E-state index is 13.9. The molecule has 1 saturated carbocycles. The molecule has 1 atom stereocenters. The van der Waals surface area contributed by atoms with Crippen molar-refractivity contribution in [2.24, 2.45) is 0 Å². The van der Waals surface area contributed by atoms with E-state index < -0.39 is 0 Å². The number of rotatable bonds is 5. The Bertz CT molecular complexity index is 1350. The predicted molar refractivity (Wildman–Crippen MR) is 146 cm³/mol. The lowest BCUT2D eigenvalue weighted by Crippen LogP contribution is -2.47. The summed E-state index contributed by atoms with van der Waals surface area (Å²) in [6.07, 6.45) is 7.45. The van der Waals surface area contributed by atoms with Crippen molar-refractivity contribution in [2.75, 3.05) is 6.61 Å². The lowest BCUT2D eigenvalue weighted by molar-refractivity contribution is 0.0568. The van der Waals surface area contributed by atoms with Gasteiger partial charge >= 0.3 is 0 Å². The van der Waals surface area contributed by atoms with Crippen LogP contribution in [0.25, 0.3) is 10.8 Å². The maximum Gasteiger partial charge on any atom is 0.255 e. The number of nitrogens with zero attached hydrogens (tertiary/aromatic N) is 1. The van der Waals surface area contributed by atoms with Gasteiger partial charge in [-0.15, -0.1) is 0 Å². The Hall–Kier alpha value is -3.59. The third-order valence-electron chi connectivity index (χ3n) is 8.04. The summed E-state index contributed by atoms with van der Waals surface area (Å²) in [5, 5.41) is 2.09. The molecule has 1 aliphatic carbocycles. The van der Waals surface area contributed by atoms with Gasteiger partial charge in [0.25, 0.3) is 5.91 Å². The summed E-state index contributed by atoms with van der Waals surface area (Å²) in [4.78, 5) is 15.9. The molecule has 4 aromatic carbocycles. The number of hydrogen-bond acceptors (Lipinski definition) is 2. The Morgan fingerprint density at radius 1 is 0.778 bits per heavy atom. The zero-order valence-electron chi connectivity index (χ0n) is 20.7. The van der Waals surface area contributed by atoms with E-state index in [1.807, 2.05) is 35.2 Å². The average molecular weight is 476 g/mol. The molecule has 36 heavy (non-hydrogen) atoms. The van der Waals surface area contributed by atoms with E-state index in [0.29, 0.717) is 19.1 Å². The second kappa shape index (κ2) is 10.2. The molecule has 0 spiro atoms. The quantitative estimate of drug-likeness (QED) is 0.298. The summed E-state index contributed by atoms with van der Waals surface area (Å²) >= 11 is 0. The van der Waals surface area contributed by atoms with Crippen LogP contribution in [-0.2, 0) is 13.0 Å². The molecule has 2 aliphatic rings. The smallest absolute Gasteiger partial charge is 0.255 e. The number of fused-ring (bicyclic) bond motifs is 2. The van der Waals surface area contributed by atoms with Crippen molar-refractivity contribution in [2.45, 2.75) is 57.0 Å². The van der Waals surface area contributed by atoms with Crippen LogP contribution >= 0.6 is 0 Å². The first-order valence-electron chi connectivity index (χ1n) is 13.3. The van der Waals surface area contributed by atoms with Gasteiger partial charge in [0, 0.05) is 12.1 Å². The fraction of sp³-hybridized carbons (Fsp3) is 0.303. The standard InChI is InChI=1S/C33H33NO2/c35-33(32-16-8-14-26-11-6-7-15-31(26)32)34-22-28-13-5-4-12-27(28)21-29(34)23-36-30-19-17-25(18-20-30)24-9-2-1-3-10-24/h4-8,11-20,24,29H,1-3,9-10,21-23H2. The van der Waals surface area contributed by atoms with Gasteiger partial charge in [-0.2, -0.15) is 0 Å². The van der Waals surface area contributed by atoms with Gasteiger partial charge in [-0.3, -0.25) is 4.79 Å². The van der Waals surface area contributed by atoms with E-state index in [1.165, 1.54) is 48.8 Å². The molecule has 0 aromatic heterocycles. The Labute approximate surface area is 213 Å². The minimum atomic E-state index is -0.0237. The topological polar surface area (TPSA) is 29.5 Å². The van der Waals surface area contributed by atoms with Crippen LogP contribution in [0.2, 0.25) is 0 Å². The molecular weight excluding hydrogens is 442 g/mol. The molecule has 1 amide bonds. The maximum atomic E-state index is 13.9. The van der Waals surface area contributed by atoms with Crippen molar-refractivity contribution in [1.82, 2.24) is 4.90 Å². The fourth-order valence-electron chi connectivity index (χ4n) is 6.01. The number of amides is 1. The first-order valence-corrected chi connectivity index (χ1v) is 13.3. The van der Waals surface area contributed by atoms with E-state index in [1.54, 1.807) is 0 Å². The molecule has 6 rings (SSSR count). The highest BCUT2D eigenvalue weighted by Gasteiger charge is 2.31. The van der Waals surface area contributed by atoms with Crippen molar-refractivity contribution in [3.8, 4) is 5.75 Å². The number of carbonyl (C=O) groups is 1. The van der Waals surface area contributed by atoms with E-state index in [0.717, 1.165) is 28.5 Å². The monoisotopic (exact) mass is 475 g/mol. The molecule has 3 heteroatoms. The molecule has 0 radical (unpaired) electrons. The second-order valence-electron chi connectivity index (χ2n) is 10.3. The molecule has 1 heterocycles. The van der Waals surface area contributed by atoms with E-state index >= 15 is 0 Å². The summed E-state index contributed by atoms with van der Waals surface area (Å²) in [5.41, 5.74) is 4.72. The predicted octanol–water partition coefficient (Wildman–Crippen LogP) is 7.53. The van der Waals surface area contributed by atoms with E-state index in [-0.39, 0.29) is 11.9 Å². The molecule has 0 bridgehead atoms. The van der Waals surface area contributed by atoms with Crippen molar-refractivity contribution < 1.29 is 9.53 Å². The molecule has 0 N–H and O–H groups in total. The van der Waals surface area contributed by atoms with Crippen molar-refractivity contribution >= 4 is 16.7 Å². The summed E-state index contributed by atoms with van der Waals surface area (Å²) in [5.74, 6) is 1.64. The minimum absolute atomic E-state index is 0.0237. The fourth-order valence-corrected chi connectivity index (χ4v) is 6.01. The first kappa shape index (κ1) is 22.8. The number of ether oxygens (including phenoxy) is 1. The summed E-state index contributed by atoms with van der Waals surface area (Å²) in [7, 11) is 0. The van der Waals surface area contributed by atoms with E-state index in [2.05, 4.69) is 60.7 Å². The van der Waals surface area contributed by atoms with Crippen LogP contribution < -0.4 is 4.74 Å². The van der Waals surface area contributed by atoms with Crippen LogP contribution in [0.1, 0.15) is 65.1 Å². The summed E-state index contributed by atoms with van der Waals surface area (Å²) < 4.78 is 6.31. The van der Waals surface area contributed by atoms with Crippen LogP contribution in [0.4, 0.5) is 0 Å². The van der Waals surface area contributed by atoms with Crippen molar-refractivity contribution in [3.63, 3.8) is 0 Å². The third kappa shape index (κ3) is 4.63. The van der Waals surface area contributed by atoms with Gasteiger partial charge in [-0.25, -0.2) is 0 Å². The summed E-state index contributed by atoms with van der Waals surface area (Å²) in [6, 6.07) is 31.3. The molecule has 1 fully saturated rings. The summed E-state index contributed by atoms with van der Waals surface area (Å²) in [6.45, 7) is 1.08. The normalized spacial score (nSPS) is 18.1. The van der Waals surface area contributed by atoms with Gasteiger partial charge in [-0.1, -0.05) is 92.1 Å². The average Bonchev–Trinajstić information content (AvgIpc) is 2.95. The van der Waals surface area contributed by atoms with Gasteiger partial charge in [0.05, 0.1) is 6.04 Å². The van der Waals surface area contributed by atoms with Crippen LogP contribution in [-0.4, -0.2) is 23.5 Å². The largest absolute Gasteiger partial charge is 0.491 e. The van der Waals surface area contributed by atoms with Gasteiger partial charge in [-0.05, 0) is 70.8 Å². The van der Waals surface area contributed by atoms with Gasteiger partial charge in [0.2, 0.25) is 0 Å². The third-order valence-corrected chi connectivity index (χ3v) is 8.04. The van der Waals surface area contributed by atoms with Crippen molar-refractivity contribution in [1.29, 1.82) is 0 Å². The van der Waals surface area contributed by atoms with Crippen LogP contribution in [0, 0.1) is 0 Å². The lowest BCUT2D eigenvalue weighted by atomic mass is 9.84. The molecule has 182 valence electrons. The molecule has 1 aliphatic heterocycles. The Balaban J connectivity index is 1.23. The molecule has 3 nitrogen and oxygen atoms in total. The second-order valence-corrected chi connectivity index (χ2v) is 10.3. The Morgan fingerprint density at radius 2 is 1.50 bits per heavy atom. The van der Waals surface area contributed by atoms with E-state index in [4.69, 9.17) is 4.74 Å².